The molecule has 0 spiro atoms. The Morgan fingerprint density at radius 2 is 1.76 bits per heavy atom. The van der Waals surface area contributed by atoms with Gasteiger partial charge in [0.15, 0.2) is 0 Å². The van der Waals surface area contributed by atoms with Crippen LogP contribution in [-0.2, 0) is 4.74 Å². The van der Waals surface area contributed by atoms with Crippen LogP contribution >= 0.6 is 0 Å². The smallest absolute Gasteiger partial charge is 0.0928 e. The van der Waals surface area contributed by atoms with Crippen LogP contribution in [0.5, 0.6) is 0 Å². The molecule has 0 amide bonds. The third-order valence-electron chi connectivity index (χ3n) is 5.37. The van der Waals surface area contributed by atoms with Crippen LogP contribution < -0.4 is 0 Å². The van der Waals surface area contributed by atoms with Gasteiger partial charge in [-0.15, -0.1) is 6.58 Å². The maximum atomic E-state index is 6.05. The van der Waals surface area contributed by atoms with Gasteiger partial charge in [-0.3, -0.25) is 0 Å². The van der Waals surface area contributed by atoms with E-state index in [-0.39, 0.29) is 17.1 Å². The van der Waals surface area contributed by atoms with Crippen molar-refractivity contribution >= 4 is 8.07 Å². The molecule has 1 aliphatic heterocycles. The van der Waals surface area contributed by atoms with Crippen LogP contribution in [0, 0.1) is 5.92 Å². The van der Waals surface area contributed by atoms with E-state index in [1.165, 1.54) is 16.3 Å². The Bertz CT molecular complexity index is 536. The maximum Gasteiger partial charge on any atom is 0.0928 e. The second-order valence-electron chi connectivity index (χ2n) is 7.68. The van der Waals surface area contributed by atoms with Gasteiger partial charge in [0.2, 0.25) is 0 Å². The first-order valence-corrected chi connectivity index (χ1v) is 10.7. The lowest BCUT2D eigenvalue weighted by Gasteiger charge is -2.42. The highest BCUT2D eigenvalue weighted by atomic mass is 28.3. The van der Waals surface area contributed by atoms with Crippen LogP contribution in [0.4, 0.5) is 0 Å². The second kappa shape index (κ2) is 5.58. The van der Waals surface area contributed by atoms with E-state index in [9.17, 15) is 0 Å². The van der Waals surface area contributed by atoms with Crippen molar-refractivity contribution in [3.05, 3.63) is 59.8 Å². The SMILES string of the molecule is C=C1CO[C@@H](c2ccccc2)[C@@H]1C(=C)[Si](C)(C)C(C)(C)C. The van der Waals surface area contributed by atoms with Gasteiger partial charge >= 0.3 is 0 Å². The quantitative estimate of drug-likeness (QED) is 0.526. The van der Waals surface area contributed by atoms with Crippen LogP contribution in [0.3, 0.4) is 0 Å². The zero-order valence-corrected chi connectivity index (χ0v) is 15.1. The predicted molar refractivity (Wildman–Crippen MR) is 94.1 cm³/mol. The summed E-state index contributed by atoms with van der Waals surface area (Å²) in [6.07, 6.45) is 0.0836. The highest BCUT2D eigenvalue weighted by molar-refractivity contribution is 6.86. The van der Waals surface area contributed by atoms with E-state index in [0.717, 1.165) is 0 Å². The molecule has 2 atom stereocenters. The molecule has 0 aliphatic carbocycles. The molecule has 1 nitrogen and oxygen atoms in total. The van der Waals surface area contributed by atoms with Gasteiger partial charge in [0.1, 0.15) is 0 Å². The van der Waals surface area contributed by atoms with Crippen LogP contribution in [0.15, 0.2) is 54.3 Å². The summed E-state index contributed by atoms with van der Waals surface area (Å²) in [6.45, 7) is 21.3. The van der Waals surface area contributed by atoms with Gasteiger partial charge in [0.05, 0.1) is 20.8 Å². The van der Waals surface area contributed by atoms with Crippen molar-refractivity contribution in [2.75, 3.05) is 6.61 Å². The molecule has 1 heterocycles. The lowest BCUT2D eigenvalue weighted by molar-refractivity contribution is 0.0995. The molecule has 1 aromatic carbocycles. The molecule has 0 bridgehead atoms. The molecule has 0 radical (unpaired) electrons. The van der Waals surface area contributed by atoms with Crippen LogP contribution in [-0.4, -0.2) is 14.7 Å². The first-order valence-electron chi connectivity index (χ1n) is 7.70. The van der Waals surface area contributed by atoms with Crippen molar-refractivity contribution in [3.8, 4) is 0 Å². The van der Waals surface area contributed by atoms with E-state index in [1.807, 2.05) is 6.07 Å². The average Bonchev–Trinajstić information content (AvgIpc) is 2.79. The Labute approximate surface area is 130 Å². The fourth-order valence-corrected chi connectivity index (χ4v) is 4.92. The fourth-order valence-electron chi connectivity index (χ4n) is 2.83. The minimum atomic E-state index is -1.63. The molecule has 1 saturated heterocycles. The minimum Gasteiger partial charge on any atom is -0.368 e. The molecular weight excluding hydrogens is 272 g/mol. The van der Waals surface area contributed by atoms with Crippen molar-refractivity contribution in [2.45, 2.75) is 45.0 Å². The zero-order valence-electron chi connectivity index (χ0n) is 14.1. The molecule has 2 rings (SSSR count). The molecule has 0 N–H and O–H groups in total. The molecule has 0 aromatic heterocycles. The van der Waals surface area contributed by atoms with Crippen LogP contribution in [0.1, 0.15) is 32.4 Å². The van der Waals surface area contributed by atoms with E-state index in [2.05, 4.69) is 71.3 Å². The maximum absolute atomic E-state index is 6.05. The standard InChI is InChI=1S/C19H28OSi/c1-14-13-20-18(16-11-9-8-10-12-16)17(14)15(2)21(6,7)19(3,4)5/h8-12,17-18H,1-2,13H2,3-7H3/t17-,18-/m0/s1. The summed E-state index contributed by atoms with van der Waals surface area (Å²) in [7, 11) is -1.63. The molecule has 21 heavy (non-hydrogen) atoms. The second-order valence-corrected chi connectivity index (χ2v) is 13.1. The normalized spacial score (nSPS) is 23.4. The Balaban J connectivity index is 2.36. The van der Waals surface area contributed by atoms with Gasteiger partial charge < -0.3 is 4.74 Å². The number of benzene rings is 1. The number of hydrogen-bond acceptors (Lipinski definition) is 1. The van der Waals surface area contributed by atoms with Gasteiger partial charge in [0, 0.05) is 5.92 Å². The van der Waals surface area contributed by atoms with E-state index in [0.29, 0.717) is 6.61 Å². The monoisotopic (exact) mass is 300 g/mol. The first kappa shape index (κ1) is 16.3. The number of hydrogen-bond donors (Lipinski definition) is 0. The molecule has 0 unspecified atom stereocenters. The summed E-state index contributed by atoms with van der Waals surface area (Å²) in [6, 6.07) is 10.5. The van der Waals surface area contributed by atoms with Crippen molar-refractivity contribution in [1.82, 2.24) is 0 Å². The summed E-state index contributed by atoms with van der Waals surface area (Å²) >= 11 is 0. The summed E-state index contributed by atoms with van der Waals surface area (Å²) in [4.78, 5) is 0. The Hall–Kier alpha value is -1.12. The minimum absolute atomic E-state index is 0.0836. The topological polar surface area (TPSA) is 9.23 Å². The number of ether oxygens (including phenoxy) is 1. The molecule has 1 aliphatic rings. The highest BCUT2D eigenvalue weighted by Crippen LogP contribution is 2.49. The Morgan fingerprint density at radius 1 is 1.19 bits per heavy atom. The molecular formula is C19H28OSi. The summed E-state index contributed by atoms with van der Waals surface area (Å²) in [5.41, 5.74) is 2.42. The summed E-state index contributed by atoms with van der Waals surface area (Å²) in [5.74, 6) is 0.258. The molecule has 2 heteroatoms. The van der Waals surface area contributed by atoms with Gasteiger partial charge in [-0.05, 0) is 16.2 Å². The van der Waals surface area contributed by atoms with Gasteiger partial charge in [-0.1, -0.05) is 76.0 Å². The molecule has 114 valence electrons. The average molecular weight is 301 g/mol. The van der Waals surface area contributed by atoms with Crippen LogP contribution in [0.25, 0.3) is 0 Å². The van der Waals surface area contributed by atoms with E-state index in [1.54, 1.807) is 0 Å². The highest BCUT2D eigenvalue weighted by Gasteiger charge is 2.45. The van der Waals surface area contributed by atoms with Crippen molar-refractivity contribution in [1.29, 1.82) is 0 Å². The third kappa shape index (κ3) is 2.92. The fraction of sp³-hybridized carbons (Fsp3) is 0.474. The van der Waals surface area contributed by atoms with Gasteiger partial charge in [-0.2, -0.15) is 0 Å². The summed E-state index contributed by atoms with van der Waals surface area (Å²) in [5, 5.41) is 1.65. The van der Waals surface area contributed by atoms with Crippen molar-refractivity contribution in [3.63, 3.8) is 0 Å². The summed E-state index contributed by atoms with van der Waals surface area (Å²) < 4.78 is 6.05. The van der Waals surface area contributed by atoms with Crippen molar-refractivity contribution < 1.29 is 4.74 Å². The van der Waals surface area contributed by atoms with E-state index < -0.39 is 8.07 Å². The molecule has 1 fully saturated rings. The van der Waals surface area contributed by atoms with Gasteiger partial charge in [0.25, 0.3) is 0 Å². The largest absolute Gasteiger partial charge is 0.368 e. The molecule has 1 aromatic rings. The van der Waals surface area contributed by atoms with Crippen molar-refractivity contribution in [2.24, 2.45) is 5.92 Å². The van der Waals surface area contributed by atoms with Gasteiger partial charge in [-0.25, -0.2) is 0 Å². The lowest BCUT2D eigenvalue weighted by Crippen LogP contribution is -2.42. The first-order chi connectivity index (χ1) is 9.66. The lowest BCUT2D eigenvalue weighted by atomic mass is 9.92. The number of rotatable bonds is 3. The zero-order chi connectivity index (χ0) is 15.8. The third-order valence-corrected chi connectivity index (χ3v) is 11.0. The van der Waals surface area contributed by atoms with E-state index in [4.69, 9.17) is 4.74 Å². The Kier molecular flexibility index (Phi) is 4.32. The Morgan fingerprint density at radius 3 is 2.29 bits per heavy atom. The van der Waals surface area contributed by atoms with E-state index >= 15 is 0 Å². The predicted octanol–water partition coefficient (Wildman–Crippen LogP) is 5.53. The molecule has 0 saturated carbocycles. The van der Waals surface area contributed by atoms with Crippen LogP contribution in [0.2, 0.25) is 18.1 Å².